The first-order valence-electron chi connectivity index (χ1n) is 7.16. The van der Waals surface area contributed by atoms with Crippen molar-refractivity contribution < 1.29 is 13.2 Å². The molecule has 0 spiro atoms. The molecule has 21 heavy (non-hydrogen) atoms. The van der Waals surface area contributed by atoms with Crippen LogP contribution < -0.4 is 10.5 Å². The quantitative estimate of drug-likeness (QED) is 0.747. The van der Waals surface area contributed by atoms with Gasteiger partial charge in [0, 0.05) is 25.4 Å². The van der Waals surface area contributed by atoms with E-state index in [1.807, 2.05) is 36.2 Å². The van der Waals surface area contributed by atoms with E-state index in [1.165, 1.54) is 6.26 Å². The molecule has 0 fully saturated rings. The minimum Gasteiger partial charge on any atom is -0.494 e. The largest absolute Gasteiger partial charge is 0.494 e. The lowest BCUT2D eigenvalue weighted by molar-refractivity contribution is 0.316. The van der Waals surface area contributed by atoms with Gasteiger partial charge in [0.2, 0.25) is 0 Å². The molecule has 0 saturated heterocycles. The maximum absolute atomic E-state index is 11.1. The molecule has 0 radical (unpaired) electrons. The van der Waals surface area contributed by atoms with Crippen LogP contribution in [0.4, 0.5) is 0 Å². The fourth-order valence-electron chi connectivity index (χ4n) is 1.89. The second-order valence-corrected chi connectivity index (χ2v) is 7.68. The summed E-state index contributed by atoms with van der Waals surface area (Å²) < 4.78 is 27.8. The van der Waals surface area contributed by atoms with E-state index in [-0.39, 0.29) is 11.8 Å². The summed E-state index contributed by atoms with van der Waals surface area (Å²) in [6, 6.07) is 7.61. The molecule has 120 valence electrons. The van der Waals surface area contributed by atoms with Crippen molar-refractivity contribution in [2.45, 2.75) is 19.4 Å². The normalized spacial score (nSPS) is 13.4. The zero-order valence-corrected chi connectivity index (χ0v) is 13.9. The van der Waals surface area contributed by atoms with Gasteiger partial charge >= 0.3 is 0 Å². The summed E-state index contributed by atoms with van der Waals surface area (Å²) >= 11 is 0. The lowest BCUT2D eigenvalue weighted by Gasteiger charge is -2.21. The Morgan fingerprint density at radius 1 is 1.29 bits per heavy atom. The van der Waals surface area contributed by atoms with E-state index >= 15 is 0 Å². The van der Waals surface area contributed by atoms with E-state index in [9.17, 15) is 8.42 Å². The summed E-state index contributed by atoms with van der Waals surface area (Å²) in [4.78, 5) is 1.94. The third-order valence-corrected chi connectivity index (χ3v) is 4.06. The second kappa shape index (κ2) is 8.36. The molecule has 2 N–H and O–H groups in total. The monoisotopic (exact) mass is 314 g/mol. The third kappa shape index (κ3) is 7.45. The van der Waals surface area contributed by atoms with Crippen LogP contribution in [0.25, 0.3) is 0 Å². The Morgan fingerprint density at radius 3 is 2.43 bits per heavy atom. The molecular weight excluding hydrogens is 288 g/mol. The average molecular weight is 314 g/mol. The second-order valence-electron chi connectivity index (χ2n) is 5.42. The summed E-state index contributed by atoms with van der Waals surface area (Å²) in [5.41, 5.74) is 7.17. The molecule has 0 amide bonds. The van der Waals surface area contributed by atoms with E-state index in [2.05, 4.69) is 6.92 Å². The number of ether oxygens (including phenoxy) is 1. The summed E-state index contributed by atoms with van der Waals surface area (Å²) in [6.07, 6.45) is 2.22. The number of hydrogen-bond donors (Lipinski definition) is 1. The van der Waals surface area contributed by atoms with Crippen molar-refractivity contribution in [2.24, 2.45) is 5.73 Å². The van der Waals surface area contributed by atoms with Gasteiger partial charge in [-0.2, -0.15) is 0 Å². The molecule has 1 atom stereocenters. The van der Waals surface area contributed by atoms with Gasteiger partial charge < -0.3 is 15.4 Å². The molecule has 0 aliphatic rings. The van der Waals surface area contributed by atoms with E-state index < -0.39 is 9.84 Å². The zero-order chi connectivity index (χ0) is 15.9. The Kier molecular flexibility index (Phi) is 7.14. The van der Waals surface area contributed by atoms with Gasteiger partial charge in [-0.3, -0.25) is 0 Å². The van der Waals surface area contributed by atoms with Crippen molar-refractivity contribution in [3.05, 3.63) is 29.8 Å². The van der Waals surface area contributed by atoms with Gasteiger partial charge in [-0.05, 0) is 31.2 Å². The number of likely N-dealkylation sites (N-methyl/N-ethyl adjacent to an activating group) is 1. The first-order valence-corrected chi connectivity index (χ1v) is 9.22. The van der Waals surface area contributed by atoms with E-state index in [0.29, 0.717) is 19.7 Å². The lowest BCUT2D eigenvalue weighted by atomic mass is 10.1. The zero-order valence-electron chi connectivity index (χ0n) is 13.1. The van der Waals surface area contributed by atoms with Gasteiger partial charge in [0.15, 0.2) is 0 Å². The third-order valence-electron chi connectivity index (χ3n) is 3.13. The van der Waals surface area contributed by atoms with Crippen LogP contribution in [0.2, 0.25) is 0 Å². The van der Waals surface area contributed by atoms with Crippen LogP contribution in [0.15, 0.2) is 24.3 Å². The molecule has 1 unspecified atom stereocenters. The Balaban J connectivity index is 2.49. The summed E-state index contributed by atoms with van der Waals surface area (Å²) in [6.45, 7) is 3.88. The van der Waals surface area contributed by atoms with Crippen molar-refractivity contribution in [1.82, 2.24) is 4.90 Å². The number of benzene rings is 1. The summed E-state index contributed by atoms with van der Waals surface area (Å²) in [7, 11) is -1.05. The molecule has 0 aliphatic carbocycles. The summed E-state index contributed by atoms with van der Waals surface area (Å²) in [5.74, 6) is 0.998. The van der Waals surface area contributed by atoms with Gasteiger partial charge in [-0.1, -0.05) is 19.1 Å². The molecule has 0 bridgehead atoms. The maximum Gasteiger partial charge on any atom is 0.148 e. The fourth-order valence-corrected chi connectivity index (χ4v) is 2.53. The predicted molar refractivity (Wildman–Crippen MR) is 86.4 cm³/mol. The van der Waals surface area contributed by atoms with Crippen molar-refractivity contribution >= 4 is 9.84 Å². The standard InChI is InChI=1S/C15H26N2O3S/c1-4-10-20-14-7-5-13(6-8-14)15(16)12-17(2)9-11-21(3,18)19/h5-8,15H,4,9-12,16H2,1-3H3. The highest BCUT2D eigenvalue weighted by molar-refractivity contribution is 7.90. The minimum atomic E-state index is -2.93. The first-order chi connectivity index (χ1) is 9.81. The van der Waals surface area contributed by atoms with Crippen LogP contribution >= 0.6 is 0 Å². The van der Waals surface area contributed by atoms with Crippen molar-refractivity contribution in [1.29, 1.82) is 0 Å². The van der Waals surface area contributed by atoms with E-state index in [1.54, 1.807) is 0 Å². The molecule has 0 saturated carbocycles. The Hall–Kier alpha value is -1.11. The van der Waals surface area contributed by atoms with Crippen molar-refractivity contribution in [3.63, 3.8) is 0 Å². The van der Waals surface area contributed by atoms with Gasteiger partial charge in [0.1, 0.15) is 15.6 Å². The van der Waals surface area contributed by atoms with Gasteiger partial charge in [0.05, 0.1) is 12.4 Å². The molecule has 0 aliphatic heterocycles. The molecule has 1 rings (SSSR count). The molecule has 0 aromatic heterocycles. The van der Waals surface area contributed by atoms with Crippen molar-refractivity contribution in [2.75, 3.05) is 38.8 Å². The molecule has 5 nitrogen and oxygen atoms in total. The minimum absolute atomic E-state index is 0.144. The van der Waals surface area contributed by atoms with Crippen LogP contribution in [-0.2, 0) is 9.84 Å². The molecule has 6 heteroatoms. The van der Waals surface area contributed by atoms with Crippen molar-refractivity contribution in [3.8, 4) is 5.75 Å². The fraction of sp³-hybridized carbons (Fsp3) is 0.600. The number of sulfone groups is 1. The smallest absolute Gasteiger partial charge is 0.148 e. The Morgan fingerprint density at radius 2 is 1.90 bits per heavy atom. The number of nitrogens with zero attached hydrogens (tertiary/aromatic N) is 1. The molecule has 0 heterocycles. The highest BCUT2D eigenvalue weighted by Crippen LogP contribution is 2.17. The molecule has 1 aromatic carbocycles. The number of rotatable bonds is 9. The van der Waals surface area contributed by atoms with E-state index in [4.69, 9.17) is 10.5 Å². The lowest BCUT2D eigenvalue weighted by Crippen LogP contribution is -2.32. The van der Waals surface area contributed by atoms with Crippen LogP contribution in [0.5, 0.6) is 5.75 Å². The first kappa shape index (κ1) is 17.9. The van der Waals surface area contributed by atoms with Crippen LogP contribution in [0.1, 0.15) is 24.9 Å². The van der Waals surface area contributed by atoms with Crippen LogP contribution in [0.3, 0.4) is 0 Å². The Labute approximate surface area is 128 Å². The SMILES string of the molecule is CCCOc1ccc(C(N)CN(C)CCS(C)(=O)=O)cc1. The van der Waals surface area contributed by atoms with Crippen LogP contribution in [-0.4, -0.2) is 52.1 Å². The highest BCUT2D eigenvalue weighted by atomic mass is 32.2. The Bertz CT molecular complexity index is 514. The number of hydrogen-bond acceptors (Lipinski definition) is 5. The van der Waals surface area contributed by atoms with Gasteiger partial charge in [0.25, 0.3) is 0 Å². The topological polar surface area (TPSA) is 72.6 Å². The van der Waals surface area contributed by atoms with E-state index in [0.717, 1.165) is 17.7 Å². The van der Waals surface area contributed by atoms with Gasteiger partial charge in [-0.15, -0.1) is 0 Å². The summed E-state index contributed by atoms with van der Waals surface area (Å²) in [5, 5.41) is 0. The van der Waals surface area contributed by atoms with Crippen LogP contribution in [0, 0.1) is 0 Å². The highest BCUT2D eigenvalue weighted by Gasteiger charge is 2.11. The average Bonchev–Trinajstić information content (AvgIpc) is 2.42. The predicted octanol–water partition coefficient (Wildman–Crippen LogP) is 1.45. The maximum atomic E-state index is 11.1. The van der Waals surface area contributed by atoms with Gasteiger partial charge in [-0.25, -0.2) is 8.42 Å². The molecular formula is C15H26N2O3S. The number of nitrogens with two attached hydrogens (primary N) is 1. The molecule has 1 aromatic rings.